The summed E-state index contributed by atoms with van der Waals surface area (Å²) in [5, 5.41) is 0.908. The van der Waals surface area contributed by atoms with Gasteiger partial charge in [-0.3, -0.25) is 14.5 Å². The standard InChI is InChI=1S/C17H18N2O2S/c1-4-11(2)19-16(20)15(22-17(19)21)9-12-10-18(3)14-8-6-5-7-13(12)14/h5-11H,4H2,1-3H3/b15-9-/t11-/m0/s1. The number of aryl methyl sites for hydroxylation is 1. The lowest BCUT2D eigenvalue weighted by atomic mass is 10.1. The average molecular weight is 314 g/mol. The summed E-state index contributed by atoms with van der Waals surface area (Å²) in [5.74, 6) is -0.183. The molecule has 1 aromatic carbocycles. The van der Waals surface area contributed by atoms with Gasteiger partial charge in [-0.15, -0.1) is 0 Å². The van der Waals surface area contributed by atoms with E-state index in [9.17, 15) is 9.59 Å². The molecule has 0 radical (unpaired) electrons. The summed E-state index contributed by atoms with van der Waals surface area (Å²) < 4.78 is 2.03. The van der Waals surface area contributed by atoms with Gasteiger partial charge in [-0.25, -0.2) is 0 Å². The lowest BCUT2D eigenvalue weighted by Gasteiger charge is -2.19. The number of imide groups is 1. The summed E-state index contributed by atoms with van der Waals surface area (Å²) in [7, 11) is 1.98. The van der Waals surface area contributed by atoms with Crippen molar-refractivity contribution in [3.8, 4) is 0 Å². The van der Waals surface area contributed by atoms with Crippen LogP contribution in [0.5, 0.6) is 0 Å². The number of para-hydroxylation sites is 1. The second-order valence-electron chi connectivity index (χ2n) is 5.52. The number of rotatable bonds is 3. The number of hydrogen-bond donors (Lipinski definition) is 0. The Kier molecular flexibility index (Phi) is 3.83. The molecule has 3 rings (SSSR count). The highest BCUT2D eigenvalue weighted by Crippen LogP contribution is 2.35. The predicted octanol–water partition coefficient (Wildman–Crippen LogP) is 4.01. The third-order valence-electron chi connectivity index (χ3n) is 4.07. The molecule has 1 aliphatic heterocycles. The normalized spacial score (nSPS) is 18.7. The molecule has 2 aromatic rings. The Hall–Kier alpha value is -2.01. The maximum absolute atomic E-state index is 12.5. The number of hydrogen-bond acceptors (Lipinski definition) is 3. The molecule has 5 heteroatoms. The fourth-order valence-electron chi connectivity index (χ4n) is 2.67. The third-order valence-corrected chi connectivity index (χ3v) is 4.95. The van der Waals surface area contributed by atoms with Gasteiger partial charge in [0.1, 0.15) is 0 Å². The predicted molar refractivity (Wildman–Crippen MR) is 90.5 cm³/mol. The van der Waals surface area contributed by atoms with Gasteiger partial charge in [0.25, 0.3) is 11.1 Å². The highest BCUT2D eigenvalue weighted by molar-refractivity contribution is 8.18. The van der Waals surface area contributed by atoms with Crippen LogP contribution in [0, 0.1) is 0 Å². The van der Waals surface area contributed by atoms with Crippen molar-refractivity contribution in [1.29, 1.82) is 0 Å². The maximum Gasteiger partial charge on any atom is 0.293 e. The van der Waals surface area contributed by atoms with E-state index in [0.717, 1.165) is 34.6 Å². The minimum Gasteiger partial charge on any atom is -0.350 e. The molecule has 0 bridgehead atoms. The van der Waals surface area contributed by atoms with E-state index in [4.69, 9.17) is 0 Å². The van der Waals surface area contributed by atoms with E-state index in [2.05, 4.69) is 0 Å². The van der Waals surface area contributed by atoms with Crippen LogP contribution in [0.3, 0.4) is 0 Å². The molecule has 114 valence electrons. The Morgan fingerprint density at radius 2 is 2.00 bits per heavy atom. The molecule has 1 aliphatic rings. The number of amides is 2. The molecule has 0 N–H and O–H groups in total. The molecule has 1 aromatic heterocycles. The summed E-state index contributed by atoms with van der Waals surface area (Å²) in [4.78, 5) is 26.4. The van der Waals surface area contributed by atoms with E-state index in [1.807, 2.05) is 62.0 Å². The minimum atomic E-state index is -0.183. The van der Waals surface area contributed by atoms with Gasteiger partial charge < -0.3 is 4.57 Å². The second-order valence-corrected chi connectivity index (χ2v) is 6.51. The molecule has 0 unspecified atom stereocenters. The van der Waals surface area contributed by atoms with Crippen molar-refractivity contribution < 1.29 is 9.59 Å². The van der Waals surface area contributed by atoms with Crippen LogP contribution in [-0.2, 0) is 11.8 Å². The van der Waals surface area contributed by atoms with Crippen LogP contribution in [0.2, 0.25) is 0 Å². The van der Waals surface area contributed by atoms with Crippen LogP contribution in [0.1, 0.15) is 25.8 Å². The first-order chi connectivity index (χ1) is 10.5. The molecule has 22 heavy (non-hydrogen) atoms. The Bertz CT molecular complexity index is 791. The van der Waals surface area contributed by atoms with E-state index >= 15 is 0 Å². The topological polar surface area (TPSA) is 42.3 Å². The summed E-state index contributed by atoms with van der Waals surface area (Å²) in [6.45, 7) is 3.87. The largest absolute Gasteiger partial charge is 0.350 e. The summed E-state index contributed by atoms with van der Waals surface area (Å²) in [6, 6.07) is 7.97. The molecule has 1 atom stereocenters. The first kappa shape index (κ1) is 14.9. The Labute approximate surface area is 133 Å². The molecule has 0 aliphatic carbocycles. The minimum absolute atomic E-state index is 0.0640. The van der Waals surface area contributed by atoms with Crippen molar-refractivity contribution in [2.45, 2.75) is 26.3 Å². The van der Waals surface area contributed by atoms with E-state index < -0.39 is 0 Å². The SMILES string of the molecule is CC[C@H](C)N1C(=O)S/C(=C\c2cn(C)c3ccccc23)C1=O. The van der Waals surface area contributed by atoms with E-state index in [1.165, 1.54) is 4.90 Å². The van der Waals surface area contributed by atoms with E-state index in [0.29, 0.717) is 4.91 Å². The number of carbonyl (C=O) groups is 2. The van der Waals surface area contributed by atoms with Crippen molar-refractivity contribution in [1.82, 2.24) is 9.47 Å². The molecule has 1 fully saturated rings. The molecule has 4 nitrogen and oxygen atoms in total. The van der Waals surface area contributed by atoms with Gasteiger partial charge in [0, 0.05) is 35.8 Å². The van der Waals surface area contributed by atoms with Crippen molar-refractivity contribution >= 4 is 39.9 Å². The lowest BCUT2D eigenvalue weighted by Crippen LogP contribution is -2.36. The smallest absolute Gasteiger partial charge is 0.293 e. The Morgan fingerprint density at radius 3 is 2.73 bits per heavy atom. The average Bonchev–Trinajstić information content (AvgIpc) is 2.97. The molecular formula is C17H18N2O2S. The highest BCUT2D eigenvalue weighted by atomic mass is 32.2. The molecule has 1 saturated heterocycles. The van der Waals surface area contributed by atoms with Crippen LogP contribution in [0.15, 0.2) is 35.4 Å². The number of carbonyl (C=O) groups excluding carboxylic acids is 2. The second kappa shape index (κ2) is 5.65. The zero-order valence-electron chi connectivity index (χ0n) is 12.9. The monoisotopic (exact) mass is 314 g/mol. The van der Waals surface area contributed by atoms with Crippen LogP contribution < -0.4 is 0 Å². The number of fused-ring (bicyclic) bond motifs is 1. The van der Waals surface area contributed by atoms with Gasteiger partial charge in [0.15, 0.2) is 0 Å². The van der Waals surface area contributed by atoms with E-state index in [-0.39, 0.29) is 17.2 Å². The number of nitrogens with zero attached hydrogens (tertiary/aromatic N) is 2. The van der Waals surface area contributed by atoms with Crippen LogP contribution >= 0.6 is 11.8 Å². The number of benzene rings is 1. The summed E-state index contributed by atoms with van der Waals surface area (Å²) in [5.41, 5.74) is 2.07. The van der Waals surface area contributed by atoms with Crippen molar-refractivity contribution in [3.63, 3.8) is 0 Å². The van der Waals surface area contributed by atoms with Gasteiger partial charge in [0.05, 0.1) is 4.91 Å². The molecule has 0 saturated carbocycles. The van der Waals surface area contributed by atoms with Crippen molar-refractivity contribution in [3.05, 3.63) is 40.9 Å². The Balaban J connectivity index is 2.02. The van der Waals surface area contributed by atoms with Crippen molar-refractivity contribution in [2.75, 3.05) is 0 Å². The molecule has 2 amide bonds. The molecule has 0 spiro atoms. The number of aromatic nitrogens is 1. The Morgan fingerprint density at radius 1 is 1.27 bits per heavy atom. The zero-order valence-corrected chi connectivity index (χ0v) is 13.7. The van der Waals surface area contributed by atoms with Gasteiger partial charge in [0.2, 0.25) is 0 Å². The summed E-state index contributed by atoms with van der Waals surface area (Å²) in [6.07, 6.45) is 4.58. The van der Waals surface area contributed by atoms with Gasteiger partial charge in [-0.1, -0.05) is 25.1 Å². The third kappa shape index (κ3) is 2.35. The van der Waals surface area contributed by atoms with Crippen LogP contribution in [0.25, 0.3) is 17.0 Å². The van der Waals surface area contributed by atoms with Gasteiger partial charge >= 0.3 is 0 Å². The summed E-state index contributed by atoms with van der Waals surface area (Å²) >= 11 is 1.03. The van der Waals surface area contributed by atoms with Crippen molar-refractivity contribution in [2.24, 2.45) is 7.05 Å². The van der Waals surface area contributed by atoms with Gasteiger partial charge in [-0.05, 0) is 37.2 Å². The van der Waals surface area contributed by atoms with E-state index in [1.54, 1.807) is 0 Å². The fourth-order valence-corrected chi connectivity index (χ4v) is 3.59. The lowest BCUT2D eigenvalue weighted by molar-refractivity contribution is -0.124. The van der Waals surface area contributed by atoms with Crippen LogP contribution in [0.4, 0.5) is 4.79 Å². The fraction of sp³-hybridized carbons (Fsp3) is 0.294. The highest BCUT2D eigenvalue weighted by Gasteiger charge is 2.37. The maximum atomic E-state index is 12.5. The van der Waals surface area contributed by atoms with Crippen LogP contribution in [-0.4, -0.2) is 26.7 Å². The quantitative estimate of drug-likeness (QED) is 0.804. The first-order valence-corrected chi connectivity index (χ1v) is 8.15. The number of thioether (sulfide) groups is 1. The molecule has 2 heterocycles. The molecular weight excluding hydrogens is 296 g/mol. The first-order valence-electron chi connectivity index (χ1n) is 7.34. The van der Waals surface area contributed by atoms with Gasteiger partial charge in [-0.2, -0.15) is 0 Å². The zero-order chi connectivity index (χ0) is 15.9.